The number of carbonyl (C=O) groups excluding carboxylic acids is 1. The first-order chi connectivity index (χ1) is 10.2. The maximum atomic E-state index is 12.0. The van der Waals surface area contributed by atoms with E-state index < -0.39 is 0 Å². The third-order valence-electron chi connectivity index (χ3n) is 3.96. The second-order valence-electron chi connectivity index (χ2n) is 5.46. The van der Waals surface area contributed by atoms with Crippen molar-refractivity contribution in [2.45, 2.75) is 38.1 Å². The number of urea groups is 1. The summed E-state index contributed by atoms with van der Waals surface area (Å²) < 4.78 is 0. The number of aliphatic hydroxyl groups is 1. The smallest absolute Gasteiger partial charge is 0.319 e. The maximum absolute atomic E-state index is 12.0. The van der Waals surface area contributed by atoms with Gasteiger partial charge in [-0.15, -0.1) is 0 Å². The van der Waals surface area contributed by atoms with Gasteiger partial charge in [-0.25, -0.2) is 4.79 Å². The molecule has 21 heavy (non-hydrogen) atoms. The predicted octanol–water partition coefficient (Wildman–Crippen LogP) is 2.43. The number of nitrogens with zero attached hydrogens (tertiary/aromatic N) is 1. The van der Waals surface area contributed by atoms with E-state index in [4.69, 9.17) is 5.26 Å². The summed E-state index contributed by atoms with van der Waals surface area (Å²) in [6, 6.07) is 9.12. The van der Waals surface area contributed by atoms with Crippen LogP contribution in [0, 0.1) is 17.2 Å². The quantitative estimate of drug-likeness (QED) is 0.795. The van der Waals surface area contributed by atoms with Crippen LogP contribution >= 0.6 is 0 Å². The monoisotopic (exact) mass is 287 g/mol. The lowest BCUT2D eigenvalue weighted by Gasteiger charge is -2.30. The zero-order chi connectivity index (χ0) is 15.1. The van der Waals surface area contributed by atoms with Gasteiger partial charge in [-0.2, -0.15) is 5.26 Å². The summed E-state index contributed by atoms with van der Waals surface area (Å²) in [7, 11) is 0. The van der Waals surface area contributed by atoms with E-state index in [1.807, 2.05) is 12.1 Å². The van der Waals surface area contributed by atoms with E-state index >= 15 is 0 Å². The highest BCUT2D eigenvalue weighted by molar-refractivity contribution is 5.89. The van der Waals surface area contributed by atoms with Crippen molar-refractivity contribution in [1.29, 1.82) is 5.26 Å². The Kier molecular flexibility index (Phi) is 5.59. The summed E-state index contributed by atoms with van der Waals surface area (Å²) in [6.45, 7) is 0.119. The highest BCUT2D eigenvalue weighted by Crippen LogP contribution is 2.24. The van der Waals surface area contributed by atoms with Crippen molar-refractivity contribution in [2.24, 2.45) is 5.92 Å². The molecule has 1 aliphatic carbocycles. The number of rotatable bonds is 4. The molecule has 1 saturated carbocycles. The molecule has 0 heterocycles. The first-order valence-corrected chi connectivity index (χ1v) is 7.37. The van der Waals surface area contributed by atoms with Gasteiger partial charge in [0.15, 0.2) is 0 Å². The minimum Gasteiger partial charge on any atom is -0.396 e. The Balaban J connectivity index is 1.87. The van der Waals surface area contributed by atoms with Gasteiger partial charge in [0.05, 0.1) is 12.5 Å². The zero-order valence-corrected chi connectivity index (χ0v) is 12.0. The maximum Gasteiger partial charge on any atom is 0.319 e. The number of nitriles is 1. The Morgan fingerprint density at radius 2 is 2.00 bits per heavy atom. The molecule has 1 aromatic rings. The second-order valence-corrected chi connectivity index (χ2v) is 5.46. The van der Waals surface area contributed by atoms with E-state index in [0.29, 0.717) is 12.1 Å². The van der Waals surface area contributed by atoms with Gasteiger partial charge in [-0.1, -0.05) is 25.0 Å². The summed E-state index contributed by atoms with van der Waals surface area (Å²) in [5, 5.41) is 23.7. The lowest BCUT2D eigenvalue weighted by Crippen LogP contribution is -2.45. The Labute approximate surface area is 125 Å². The Bertz CT molecular complexity index is 507. The summed E-state index contributed by atoms with van der Waals surface area (Å²) in [6.07, 6.45) is 4.45. The molecule has 5 nitrogen and oxygen atoms in total. The highest BCUT2D eigenvalue weighted by atomic mass is 16.3. The van der Waals surface area contributed by atoms with Crippen molar-refractivity contribution in [3.05, 3.63) is 29.8 Å². The van der Waals surface area contributed by atoms with Crippen LogP contribution in [-0.4, -0.2) is 23.8 Å². The van der Waals surface area contributed by atoms with E-state index in [0.717, 1.165) is 31.2 Å². The van der Waals surface area contributed by atoms with Gasteiger partial charge in [0, 0.05) is 24.3 Å². The summed E-state index contributed by atoms with van der Waals surface area (Å²) in [5.41, 5.74) is 1.63. The largest absolute Gasteiger partial charge is 0.396 e. The minimum atomic E-state index is -0.242. The fourth-order valence-electron chi connectivity index (χ4n) is 2.75. The second kappa shape index (κ2) is 7.65. The van der Waals surface area contributed by atoms with Crippen LogP contribution in [0.25, 0.3) is 0 Å². The van der Waals surface area contributed by atoms with Crippen molar-refractivity contribution in [1.82, 2.24) is 5.32 Å². The van der Waals surface area contributed by atoms with Crippen LogP contribution in [0.3, 0.4) is 0 Å². The average Bonchev–Trinajstić information content (AvgIpc) is 2.50. The Morgan fingerprint density at radius 3 is 2.67 bits per heavy atom. The molecule has 5 heteroatoms. The van der Waals surface area contributed by atoms with Crippen LogP contribution in [0.15, 0.2) is 24.3 Å². The normalized spacial score (nSPS) is 21.3. The van der Waals surface area contributed by atoms with E-state index in [-0.39, 0.29) is 24.6 Å². The molecule has 0 bridgehead atoms. The number of nitrogens with one attached hydrogen (secondary N) is 2. The van der Waals surface area contributed by atoms with Crippen molar-refractivity contribution < 1.29 is 9.90 Å². The molecule has 2 atom stereocenters. The molecule has 2 amide bonds. The molecule has 0 aromatic heterocycles. The van der Waals surface area contributed by atoms with Gasteiger partial charge in [0.1, 0.15) is 0 Å². The number of benzene rings is 1. The van der Waals surface area contributed by atoms with Crippen molar-refractivity contribution in [2.75, 3.05) is 11.9 Å². The zero-order valence-electron chi connectivity index (χ0n) is 12.0. The molecule has 2 unspecified atom stereocenters. The SMILES string of the molecule is N#CCc1ccc(NC(=O)NC2CCCCC2CO)cc1. The minimum absolute atomic E-state index is 0.0432. The van der Waals surface area contributed by atoms with Crippen LogP contribution in [0.1, 0.15) is 31.2 Å². The van der Waals surface area contributed by atoms with Gasteiger partial charge >= 0.3 is 6.03 Å². The highest BCUT2D eigenvalue weighted by Gasteiger charge is 2.25. The van der Waals surface area contributed by atoms with E-state index in [1.165, 1.54) is 0 Å². The molecule has 0 saturated heterocycles. The molecular weight excluding hydrogens is 266 g/mol. The fourth-order valence-corrected chi connectivity index (χ4v) is 2.75. The predicted molar refractivity (Wildman–Crippen MR) is 80.7 cm³/mol. The standard InChI is InChI=1S/C16H21N3O2/c17-10-9-12-5-7-14(8-6-12)18-16(21)19-15-4-2-1-3-13(15)11-20/h5-8,13,15,20H,1-4,9,11H2,(H2,18,19,21). The summed E-state index contributed by atoms with van der Waals surface area (Å²) >= 11 is 0. The van der Waals surface area contributed by atoms with Gasteiger partial charge in [-0.3, -0.25) is 0 Å². The third-order valence-corrected chi connectivity index (χ3v) is 3.96. The molecule has 3 N–H and O–H groups in total. The Morgan fingerprint density at radius 1 is 1.29 bits per heavy atom. The van der Waals surface area contributed by atoms with Crippen LogP contribution < -0.4 is 10.6 Å². The third kappa shape index (κ3) is 4.47. The van der Waals surface area contributed by atoms with Gasteiger partial charge in [0.25, 0.3) is 0 Å². The lowest BCUT2D eigenvalue weighted by atomic mass is 9.85. The number of aliphatic hydroxyl groups excluding tert-OH is 1. The van der Waals surface area contributed by atoms with Crippen LogP contribution in [-0.2, 0) is 6.42 Å². The van der Waals surface area contributed by atoms with Crippen LogP contribution in [0.5, 0.6) is 0 Å². The number of carbonyl (C=O) groups is 1. The van der Waals surface area contributed by atoms with Crippen molar-refractivity contribution >= 4 is 11.7 Å². The first-order valence-electron chi connectivity index (χ1n) is 7.37. The molecule has 1 fully saturated rings. The summed E-state index contributed by atoms with van der Waals surface area (Å²) in [5.74, 6) is 0.155. The molecule has 2 rings (SSSR count). The van der Waals surface area contributed by atoms with E-state index in [1.54, 1.807) is 12.1 Å². The molecule has 0 aliphatic heterocycles. The summed E-state index contributed by atoms with van der Waals surface area (Å²) in [4.78, 5) is 12.0. The van der Waals surface area contributed by atoms with Gasteiger partial charge in [-0.05, 0) is 30.5 Å². The topological polar surface area (TPSA) is 85.2 Å². The Hall–Kier alpha value is -2.06. The van der Waals surface area contributed by atoms with Crippen LogP contribution in [0.2, 0.25) is 0 Å². The molecule has 1 aromatic carbocycles. The van der Waals surface area contributed by atoms with Gasteiger partial charge < -0.3 is 15.7 Å². The van der Waals surface area contributed by atoms with Crippen LogP contribution in [0.4, 0.5) is 10.5 Å². The fraction of sp³-hybridized carbons (Fsp3) is 0.500. The number of amides is 2. The molecule has 1 aliphatic rings. The van der Waals surface area contributed by atoms with Crippen molar-refractivity contribution in [3.63, 3.8) is 0 Å². The number of anilines is 1. The molecule has 0 radical (unpaired) electrons. The first kappa shape index (κ1) is 15.3. The molecule has 0 spiro atoms. The average molecular weight is 287 g/mol. The molecular formula is C16H21N3O2. The number of hydrogen-bond donors (Lipinski definition) is 3. The van der Waals surface area contributed by atoms with Crippen molar-refractivity contribution in [3.8, 4) is 6.07 Å². The molecule has 112 valence electrons. The van der Waals surface area contributed by atoms with E-state index in [2.05, 4.69) is 16.7 Å². The van der Waals surface area contributed by atoms with E-state index in [9.17, 15) is 9.90 Å². The number of hydrogen-bond acceptors (Lipinski definition) is 3. The van der Waals surface area contributed by atoms with Gasteiger partial charge in [0.2, 0.25) is 0 Å². The lowest BCUT2D eigenvalue weighted by molar-refractivity contribution is 0.156.